The van der Waals surface area contributed by atoms with Crippen molar-refractivity contribution in [1.29, 1.82) is 0 Å². The summed E-state index contributed by atoms with van der Waals surface area (Å²) in [5, 5.41) is 31.2. The maximum Gasteiger partial charge on any atom is 0.139 e. The number of hydrogen-bond donors (Lipinski definition) is 3. The van der Waals surface area contributed by atoms with Crippen LogP contribution in [0.25, 0.3) is 0 Å². The van der Waals surface area contributed by atoms with E-state index in [9.17, 15) is 15.3 Å². The van der Waals surface area contributed by atoms with Crippen LogP contribution in [0.15, 0.2) is 28.7 Å². The van der Waals surface area contributed by atoms with E-state index in [2.05, 4.69) is 24.7 Å². The molecule has 4 aliphatic rings. The molecule has 6 atom stereocenters. The number of aliphatic hydroxyl groups is 3. The Morgan fingerprint density at radius 3 is 2.87 bits per heavy atom. The first kappa shape index (κ1) is 15.1. The van der Waals surface area contributed by atoms with Crippen LogP contribution >= 0.6 is 0 Å². The Kier molecular flexibility index (Phi) is 3.13. The zero-order valence-corrected chi connectivity index (χ0v) is 13.5. The monoisotopic (exact) mass is 312 g/mol. The minimum atomic E-state index is -1.01. The van der Waals surface area contributed by atoms with E-state index >= 15 is 0 Å². The summed E-state index contributed by atoms with van der Waals surface area (Å²) in [4.78, 5) is 0. The highest BCUT2D eigenvalue weighted by molar-refractivity contribution is 5.43. The lowest BCUT2D eigenvalue weighted by molar-refractivity contribution is -0.0773. The Hall–Kier alpha value is -1.46. The fourth-order valence-corrected chi connectivity index (χ4v) is 5.85. The molecule has 3 saturated carbocycles. The number of aliphatic hydroxyl groups excluding tert-OH is 2. The van der Waals surface area contributed by atoms with E-state index in [0.29, 0.717) is 37.0 Å². The fourth-order valence-electron chi connectivity index (χ4n) is 5.85. The highest BCUT2D eigenvalue weighted by atomic mass is 16.3. The van der Waals surface area contributed by atoms with Gasteiger partial charge in [-0.3, -0.25) is 0 Å². The van der Waals surface area contributed by atoms with Crippen LogP contribution in [0.1, 0.15) is 45.4 Å². The van der Waals surface area contributed by atoms with Crippen LogP contribution in [0.5, 0.6) is 0 Å². The molecular formula is C20H24O3. The smallest absolute Gasteiger partial charge is 0.139 e. The van der Waals surface area contributed by atoms with Crippen molar-refractivity contribution < 1.29 is 15.3 Å². The largest absolute Gasteiger partial charge is 0.504 e. The van der Waals surface area contributed by atoms with Crippen molar-refractivity contribution in [2.45, 2.75) is 57.2 Å². The summed E-state index contributed by atoms with van der Waals surface area (Å²) in [6.07, 6.45) is 11.8. The van der Waals surface area contributed by atoms with Gasteiger partial charge < -0.3 is 15.3 Å². The summed E-state index contributed by atoms with van der Waals surface area (Å²) in [5.74, 6) is 3.98. The van der Waals surface area contributed by atoms with E-state index in [1.165, 1.54) is 5.57 Å². The van der Waals surface area contributed by atoms with Crippen molar-refractivity contribution in [3.63, 3.8) is 0 Å². The molecule has 23 heavy (non-hydrogen) atoms. The molecule has 4 rings (SSSR count). The third kappa shape index (κ3) is 1.86. The summed E-state index contributed by atoms with van der Waals surface area (Å²) in [6, 6.07) is 0. The van der Waals surface area contributed by atoms with Crippen molar-refractivity contribution in [2.75, 3.05) is 0 Å². The second-order valence-corrected chi connectivity index (χ2v) is 7.98. The zero-order chi connectivity index (χ0) is 16.4. The fraction of sp³-hybridized carbons (Fsp3) is 0.650. The molecule has 0 unspecified atom stereocenters. The van der Waals surface area contributed by atoms with Gasteiger partial charge in [0, 0.05) is 17.4 Å². The summed E-state index contributed by atoms with van der Waals surface area (Å²) in [7, 11) is 0. The van der Waals surface area contributed by atoms with Gasteiger partial charge in [0.1, 0.15) is 11.4 Å². The first-order valence-corrected chi connectivity index (χ1v) is 8.67. The second-order valence-electron chi connectivity index (χ2n) is 7.98. The summed E-state index contributed by atoms with van der Waals surface area (Å²) >= 11 is 0. The Morgan fingerprint density at radius 1 is 1.35 bits per heavy atom. The number of terminal acetylenes is 1. The Labute approximate surface area is 137 Å². The zero-order valence-electron chi connectivity index (χ0n) is 13.5. The van der Waals surface area contributed by atoms with Crippen molar-refractivity contribution in [2.24, 2.45) is 23.2 Å². The summed E-state index contributed by atoms with van der Waals surface area (Å²) in [6.45, 7) is 2.14. The van der Waals surface area contributed by atoms with Crippen LogP contribution in [0, 0.1) is 35.5 Å². The van der Waals surface area contributed by atoms with Gasteiger partial charge in [0.15, 0.2) is 0 Å². The molecule has 0 radical (unpaired) electrons. The lowest BCUT2D eigenvalue weighted by atomic mass is 9.52. The molecule has 3 nitrogen and oxygen atoms in total. The van der Waals surface area contributed by atoms with Gasteiger partial charge in [-0.15, -0.1) is 6.42 Å². The molecule has 0 aromatic heterocycles. The van der Waals surface area contributed by atoms with Gasteiger partial charge in [0.2, 0.25) is 0 Å². The van der Waals surface area contributed by atoms with Crippen LogP contribution in [-0.4, -0.2) is 27.0 Å². The third-order valence-electron chi connectivity index (χ3n) is 7.16. The van der Waals surface area contributed by atoms with E-state index in [1.807, 2.05) is 0 Å². The van der Waals surface area contributed by atoms with Crippen LogP contribution in [0.3, 0.4) is 0 Å². The molecule has 4 aliphatic carbocycles. The predicted molar refractivity (Wildman–Crippen MR) is 87.3 cm³/mol. The van der Waals surface area contributed by atoms with Gasteiger partial charge in [-0.1, -0.05) is 24.7 Å². The molecule has 3 N–H and O–H groups in total. The normalized spacial score (nSPS) is 48.2. The average Bonchev–Trinajstić information content (AvgIpc) is 2.80. The average molecular weight is 312 g/mol. The third-order valence-corrected chi connectivity index (χ3v) is 7.16. The van der Waals surface area contributed by atoms with Gasteiger partial charge >= 0.3 is 0 Å². The minimum absolute atomic E-state index is 0.212. The SMILES string of the molecule is C#C[C@]1(O)CC[C@H]2[C@@H]3C[C@H](O)C4=C=C(O)CC=C4[C@H]3CC[C@@]21C. The van der Waals surface area contributed by atoms with Gasteiger partial charge in [0.05, 0.1) is 6.10 Å². The van der Waals surface area contributed by atoms with Gasteiger partial charge in [-0.2, -0.15) is 0 Å². The highest BCUT2D eigenvalue weighted by Gasteiger charge is 2.62. The molecular weight excluding hydrogens is 288 g/mol. The van der Waals surface area contributed by atoms with Gasteiger partial charge in [-0.25, -0.2) is 0 Å². The minimum Gasteiger partial charge on any atom is -0.504 e. The molecule has 0 amide bonds. The van der Waals surface area contributed by atoms with E-state index in [4.69, 9.17) is 6.42 Å². The standard InChI is InChI=1S/C20H24O3/c1-3-20(23)9-7-17-15-11-18(22)16-10-12(21)4-5-13(16)14(15)6-8-19(17,20)2/h1,5,14-15,17-18,21-23H,4,6-9,11H2,2H3/t14-,15-,17+,18+,19+,20+/m1/s1. The van der Waals surface area contributed by atoms with Crippen LogP contribution in [0.4, 0.5) is 0 Å². The molecule has 0 aliphatic heterocycles. The van der Waals surface area contributed by atoms with Crippen molar-refractivity contribution >= 4 is 0 Å². The molecule has 122 valence electrons. The van der Waals surface area contributed by atoms with E-state index in [1.54, 1.807) is 0 Å². The Bertz CT molecular complexity index is 690. The lowest BCUT2D eigenvalue weighted by Gasteiger charge is -2.53. The molecule has 0 aromatic rings. The molecule has 0 bridgehead atoms. The number of hydrogen-bond acceptors (Lipinski definition) is 3. The molecule has 0 spiro atoms. The highest BCUT2D eigenvalue weighted by Crippen LogP contribution is 2.64. The summed E-state index contributed by atoms with van der Waals surface area (Å²) in [5.41, 5.74) is 3.67. The van der Waals surface area contributed by atoms with Gasteiger partial charge in [0.25, 0.3) is 0 Å². The topological polar surface area (TPSA) is 60.7 Å². The molecule has 0 heterocycles. The maximum atomic E-state index is 10.9. The quantitative estimate of drug-likeness (QED) is 0.476. The van der Waals surface area contributed by atoms with Gasteiger partial charge in [-0.05, 0) is 55.4 Å². The predicted octanol–water partition coefficient (Wildman–Crippen LogP) is 2.86. The van der Waals surface area contributed by atoms with E-state index in [0.717, 1.165) is 24.8 Å². The molecule has 0 aromatic carbocycles. The van der Waals surface area contributed by atoms with E-state index in [-0.39, 0.29) is 11.2 Å². The first-order valence-electron chi connectivity index (χ1n) is 8.67. The van der Waals surface area contributed by atoms with Crippen LogP contribution < -0.4 is 0 Å². The Morgan fingerprint density at radius 2 is 2.13 bits per heavy atom. The first-order chi connectivity index (χ1) is 10.9. The molecule has 0 saturated heterocycles. The maximum absolute atomic E-state index is 10.9. The van der Waals surface area contributed by atoms with Crippen molar-refractivity contribution in [3.05, 3.63) is 28.7 Å². The van der Waals surface area contributed by atoms with Crippen molar-refractivity contribution in [3.8, 4) is 12.3 Å². The van der Waals surface area contributed by atoms with Crippen molar-refractivity contribution in [1.82, 2.24) is 0 Å². The lowest BCUT2D eigenvalue weighted by Crippen LogP contribution is -2.52. The molecule has 3 heteroatoms. The van der Waals surface area contributed by atoms with Crippen LogP contribution in [0.2, 0.25) is 0 Å². The van der Waals surface area contributed by atoms with Crippen LogP contribution in [-0.2, 0) is 0 Å². The summed E-state index contributed by atoms with van der Waals surface area (Å²) < 4.78 is 0. The number of fused-ring (bicyclic) bond motifs is 5. The second kappa shape index (κ2) is 4.77. The number of rotatable bonds is 0. The van der Waals surface area contributed by atoms with E-state index < -0.39 is 11.7 Å². The Balaban J connectivity index is 1.74. The molecule has 3 fully saturated rings.